The van der Waals surface area contributed by atoms with Crippen molar-refractivity contribution < 1.29 is 29.6 Å². The molecule has 12 atom stereocenters. The van der Waals surface area contributed by atoms with Gasteiger partial charge in [0.15, 0.2) is 12.4 Å². The fourth-order valence-corrected chi connectivity index (χ4v) is 10.5. The molecule has 5 rings (SSSR count). The first-order valence-corrected chi connectivity index (χ1v) is 17.1. The van der Waals surface area contributed by atoms with Crippen LogP contribution in [-0.2, 0) is 9.53 Å². The van der Waals surface area contributed by atoms with Crippen LogP contribution in [0.4, 0.5) is 0 Å². The predicted molar refractivity (Wildman–Crippen MR) is 166 cm³/mol. The number of carbonyl (C=O) groups excluding carboxylic acids is 2. The molecule has 0 bridgehead atoms. The monoisotopic (exact) mass is 646 g/mol. The smallest absolute Gasteiger partial charge is 0.309 e. The zero-order valence-corrected chi connectivity index (χ0v) is 27.4. The highest BCUT2D eigenvalue weighted by molar-refractivity contribution is 9.10. The summed E-state index contributed by atoms with van der Waals surface area (Å²) in [5.41, 5.74) is 0.402. The molecular formula is C35H51BrO6. The Kier molecular flexibility index (Phi) is 9.64. The summed E-state index contributed by atoms with van der Waals surface area (Å²) in [5.74, 6) is 1.16. The molecule has 0 unspecified atom stereocenters. The minimum atomic E-state index is -0.384. The number of carbonyl (C=O) groups is 2. The molecule has 0 amide bonds. The Labute approximate surface area is 260 Å². The van der Waals surface area contributed by atoms with Gasteiger partial charge in [-0.2, -0.15) is 0 Å². The van der Waals surface area contributed by atoms with Crippen LogP contribution in [-0.4, -0.2) is 52.0 Å². The number of Topliss-reactive ketones (excluding diaryl/α,β-unsaturated/α-hetero) is 1. The van der Waals surface area contributed by atoms with Gasteiger partial charge in [0, 0.05) is 10.0 Å². The van der Waals surface area contributed by atoms with Gasteiger partial charge in [-0.1, -0.05) is 68.6 Å². The molecule has 0 radical (unpaired) electrons. The topological polar surface area (TPSA) is 104 Å². The van der Waals surface area contributed by atoms with E-state index < -0.39 is 0 Å². The van der Waals surface area contributed by atoms with Crippen LogP contribution in [0.25, 0.3) is 0 Å². The quantitative estimate of drug-likeness (QED) is 0.207. The van der Waals surface area contributed by atoms with Gasteiger partial charge in [-0.3, -0.25) is 9.59 Å². The van der Waals surface area contributed by atoms with E-state index in [1.807, 2.05) is 6.92 Å². The van der Waals surface area contributed by atoms with Crippen LogP contribution in [0, 0.1) is 52.3 Å². The summed E-state index contributed by atoms with van der Waals surface area (Å²) in [6, 6.07) is 7.03. The summed E-state index contributed by atoms with van der Waals surface area (Å²) in [4.78, 5) is 25.0. The first-order valence-electron chi connectivity index (χ1n) is 16.4. The van der Waals surface area contributed by atoms with Crippen molar-refractivity contribution in [1.29, 1.82) is 0 Å². The highest BCUT2D eigenvalue weighted by Crippen LogP contribution is 2.68. The van der Waals surface area contributed by atoms with E-state index >= 15 is 0 Å². The Morgan fingerprint density at radius 3 is 2.40 bits per heavy atom. The van der Waals surface area contributed by atoms with Crippen LogP contribution in [0.5, 0.6) is 0 Å². The third-order valence-electron chi connectivity index (χ3n) is 12.7. The number of ether oxygens (including phenoxy) is 1. The second kappa shape index (κ2) is 12.6. The minimum absolute atomic E-state index is 0.0861. The lowest BCUT2D eigenvalue weighted by Gasteiger charge is -2.63. The number of hydrogen-bond acceptors (Lipinski definition) is 6. The molecule has 0 aliphatic heterocycles. The number of esters is 1. The molecule has 6 nitrogen and oxygen atoms in total. The first kappa shape index (κ1) is 32.1. The summed E-state index contributed by atoms with van der Waals surface area (Å²) in [6.45, 7) is 8.60. The summed E-state index contributed by atoms with van der Waals surface area (Å²) in [6.07, 6.45) is 7.84. The lowest BCUT2D eigenvalue weighted by molar-refractivity contribution is -0.207. The molecule has 0 heterocycles. The Balaban J connectivity index is 1.15. The average Bonchev–Trinajstić information content (AvgIpc) is 3.31. The highest BCUT2D eigenvalue weighted by Gasteiger charge is 2.65. The number of aliphatic hydroxyl groups excluding tert-OH is 3. The Morgan fingerprint density at radius 1 is 0.976 bits per heavy atom. The van der Waals surface area contributed by atoms with Gasteiger partial charge in [-0.05, 0) is 110 Å². The number of hydrogen-bond donors (Lipinski definition) is 3. The van der Waals surface area contributed by atoms with Crippen molar-refractivity contribution in [3.05, 3.63) is 34.3 Å². The SMILES string of the molecule is C[C@H](CCC[C@H](C)C(=O)OCC(=O)c1ccc(Br)cc1)[C@H]1CC[C@H]2[C@@H]3[C@H](O)C[C@@H]4C[C@H](O)CC[C@]4(C)[C@H]3C[C@H](O)[C@]12C. The van der Waals surface area contributed by atoms with Gasteiger partial charge in [0.25, 0.3) is 0 Å². The van der Waals surface area contributed by atoms with Gasteiger partial charge in [0.1, 0.15) is 0 Å². The van der Waals surface area contributed by atoms with Crippen LogP contribution in [0.1, 0.15) is 102 Å². The molecule has 0 spiro atoms. The van der Waals surface area contributed by atoms with Crippen molar-refractivity contribution in [3.8, 4) is 0 Å². The zero-order valence-electron chi connectivity index (χ0n) is 25.8. The Morgan fingerprint density at radius 2 is 1.69 bits per heavy atom. The molecule has 4 fully saturated rings. The van der Waals surface area contributed by atoms with Crippen LogP contribution >= 0.6 is 15.9 Å². The van der Waals surface area contributed by atoms with E-state index in [1.54, 1.807) is 24.3 Å². The fraction of sp³-hybridized carbons (Fsp3) is 0.771. The number of rotatable bonds is 9. The van der Waals surface area contributed by atoms with E-state index in [-0.39, 0.29) is 59.3 Å². The lowest BCUT2D eigenvalue weighted by atomic mass is 9.43. The predicted octanol–water partition coefficient (Wildman–Crippen LogP) is 6.58. The molecule has 4 aliphatic rings. The molecule has 234 valence electrons. The normalized spacial score (nSPS) is 40.8. The Hall–Kier alpha value is -1.28. The zero-order chi connectivity index (χ0) is 30.4. The maximum absolute atomic E-state index is 12.6. The highest BCUT2D eigenvalue weighted by atomic mass is 79.9. The van der Waals surface area contributed by atoms with Gasteiger partial charge in [-0.15, -0.1) is 0 Å². The number of halogens is 1. The van der Waals surface area contributed by atoms with E-state index in [2.05, 4.69) is 36.7 Å². The number of aliphatic hydroxyl groups is 3. The largest absolute Gasteiger partial charge is 0.457 e. The molecule has 4 saturated carbocycles. The van der Waals surface area contributed by atoms with Gasteiger partial charge >= 0.3 is 5.97 Å². The molecule has 7 heteroatoms. The van der Waals surface area contributed by atoms with Gasteiger partial charge in [0.05, 0.1) is 24.2 Å². The molecule has 1 aromatic carbocycles. The van der Waals surface area contributed by atoms with Crippen LogP contribution < -0.4 is 0 Å². The second-order valence-corrected chi connectivity index (χ2v) is 15.8. The van der Waals surface area contributed by atoms with Crippen molar-refractivity contribution in [2.24, 2.45) is 52.3 Å². The maximum atomic E-state index is 12.6. The summed E-state index contributed by atoms with van der Waals surface area (Å²) in [5, 5.41) is 33.6. The molecule has 0 saturated heterocycles. The van der Waals surface area contributed by atoms with Gasteiger partial charge in [-0.25, -0.2) is 0 Å². The van der Waals surface area contributed by atoms with Crippen LogP contribution in [0.2, 0.25) is 0 Å². The summed E-state index contributed by atoms with van der Waals surface area (Å²) in [7, 11) is 0. The van der Waals surface area contributed by atoms with Crippen molar-refractivity contribution >= 4 is 27.7 Å². The molecule has 3 N–H and O–H groups in total. The van der Waals surface area contributed by atoms with Crippen molar-refractivity contribution in [3.63, 3.8) is 0 Å². The third kappa shape index (κ3) is 5.89. The lowest BCUT2D eigenvalue weighted by Crippen LogP contribution is -2.62. The summed E-state index contributed by atoms with van der Waals surface area (Å²) < 4.78 is 6.24. The molecule has 1 aromatic rings. The average molecular weight is 648 g/mol. The van der Waals surface area contributed by atoms with Crippen molar-refractivity contribution in [1.82, 2.24) is 0 Å². The molecule has 0 aromatic heterocycles. The Bertz CT molecular complexity index is 1120. The van der Waals surface area contributed by atoms with Gasteiger partial charge in [0.2, 0.25) is 0 Å². The first-order chi connectivity index (χ1) is 19.9. The molecule has 4 aliphatic carbocycles. The molecular weight excluding hydrogens is 596 g/mol. The summed E-state index contributed by atoms with van der Waals surface area (Å²) >= 11 is 3.36. The third-order valence-corrected chi connectivity index (χ3v) is 13.3. The number of fused-ring (bicyclic) bond motifs is 5. The van der Waals surface area contributed by atoms with Gasteiger partial charge < -0.3 is 20.1 Å². The standard InChI is InChI=1S/C35H51BrO6/c1-20(6-5-7-21(2)33(41)42-19-30(39)22-8-10-24(36)11-9-22)26-12-13-27-32-28(18-31(40)35(26,27)4)34(3)15-14-25(37)16-23(34)17-29(32)38/h8-11,20-21,23,25-29,31-32,37-38,40H,5-7,12-19H2,1-4H3/t20-,21+,23+,25-,26-,27+,28+,29-,31+,32+,34+,35-/m1/s1. The molecule has 42 heavy (non-hydrogen) atoms. The van der Waals surface area contributed by atoms with E-state index in [9.17, 15) is 24.9 Å². The number of ketones is 1. The van der Waals surface area contributed by atoms with Crippen molar-refractivity contribution in [2.75, 3.05) is 6.61 Å². The van der Waals surface area contributed by atoms with E-state index in [1.165, 1.54) is 0 Å². The van der Waals surface area contributed by atoms with Crippen LogP contribution in [0.3, 0.4) is 0 Å². The van der Waals surface area contributed by atoms with E-state index in [0.29, 0.717) is 41.6 Å². The maximum Gasteiger partial charge on any atom is 0.309 e. The van der Waals surface area contributed by atoms with Crippen molar-refractivity contribution in [2.45, 2.75) is 110 Å². The van der Waals surface area contributed by atoms with E-state index in [4.69, 9.17) is 4.74 Å². The minimum Gasteiger partial charge on any atom is -0.457 e. The van der Waals surface area contributed by atoms with Crippen LogP contribution in [0.15, 0.2) is 28.7 Å². The van der Waals surface area contributed by atoms with E-state index in [0.717, 1.165) is 62.3 Å². The number of benzene rings is 1. The fourth-order valence-electron chi connectivity index (χ4n) is 10.2. The second-order valence-electron chi connectivity index (χ2n) is 14.9.